The van der Waals surface area contributed by atoms with Crippen molar-refractivity contribution >= 4 is 34.2 Å². The summed E-state index contributed by atoms with van der Waals surface area (Å²) >= 11 is 1.45. The van der Waals surface area contributed by atoms with Gasteiger partial charge >= 0.3 is 0 Å². The average Bonchev–Trinajstić information content (AvgIpc) is 2.82. The van der Waals surface area contributed by atoms with Crippen molar-refractivity contribution < 1.29 is 4.79 Å². The van der Waals surface area contributed by atoms with Gasteiger partial charge < -0.3 is 4.90 Å². The number of rotatable bonds is 8. The smallest absolute Gasteiger partial charge is 0.276 e. The van der Waals surface area contributed by atoms with E-state index in [9.17, 15) is 4.79 Å². The Kier molecular flexibility index (Phi) is 6.95. The molecule has 0 aliphatic carbocycles. The van der Waals surface area contributed by atoms with Crippen molar-refractivity contribution in [3.05, 3.63) is 77.3 Å². The summed E-state index contributed by atoms with van der Waals surface area (Å²) in [6.07, 6.45) is 3.61. The van der Waals surface area contributed by atoms with Crippen molar-refractivity contribution in [2.45, 2.75) is 32.9 Å². The molecule has 0 radical (unpaired) electrons. The monoisotopic (exact) mass is 447 g/mol. The van der Waals surface area contributed by atoms with Crippen molar-refractivity contribution in [1.82, 2.24) is 10.3 Å². The lowest BCUT2D eigenvalue weighted by molar-refractivity contribution is -0.116. The molecule has 0 aromatic heterocycles. The van der Waals surface area contributed by atoms with Gasteiger partial charge in [0.15, 0.2) is 11.3 Å². The number of benzene rings is 2. The van der Waals surface area contributed by atoms with Crippen LogP contribution < -0.4 is 20.8 Å². The van der Waals surface area contributed by atoms with Gasteiger partial charge in [0, 0.05) is 29.7 Å². The molecule has 166 valence electrons. The summed E-state index contributed by atoms with van der Waals surface area (Å²) in [5.74, 6) is 0.507. The van der Waals surface area contributed by atoms with Crippen LogP contribution in [0.25, 0.3) is 5.70 Å². The van der Waals surface area contributed by atoms with Gasteiger partial charge in [-0.2, -0.15) is 0 Å². The van der Waals surface area contributed by atoms with Crippen molar-refractivity contribution in [2.24, 2.45) is 10.1 Å². The fourth-order valence-corrected chi connectivity index (χ4v) is 4.60. The van der Waals surface area contributed by atoms with Crippen LogP contribution in [0.3, 0.4) is 0 Å². The Morgan fingerprint density at radius 1 is 1.12 bits per heavy atom. The number of amidine groups is 1. The van der Waals surface area contributed by atoms with E-state index in [1.807, 2.05) is 24.3 Å². The molecule has 0 saturated heterocycles. The molecule has 2 aromatic carbocycles. The molecule has 1 amide bonds. The third-order valence-corrected chi connectivity index (χ3v) is 6.26. The Morgan fingerprint density at radius 3 is 2.53 bits per heavy atom. The van der Waals surface area contributed by atoms with E-state index in [2.05, 4.69) is 54.9 Å². The molecule has 2 heterocycles. The van der Waals surface area contributed by atoms with Crippen LogP contribution in [0.5, 0.6) is 0 Å². The quantitative estimate of drug-likeness (QED) is 0.631. The first kappa shape index (κ1) is 22.1. The highest BCUT2D eigenvalue weighted by Crippen LogP contribution is 2.31. The zero-order chi connectivity index (χ0) is 22.5. The standard InChI is InChI=1S/C25H29N5OS/c1-4-15-29(16-5-2)19-13-11-18(12-14-19)23-26-21-10-8-7-9-20(21)22-24(31)27-25(28-30(22)23)32-17-6-3/h6-14,23H,3-5,15-17H2,1-2H3,(H,27,28,31)/t23-/m0/s1. The third-order valence-electron chi connectivity index (χ3n) is 5.40. The number of hydrazone groups is 1. The number of para-hydroxylation sites is 1. The van der Waals surface area contributed by atoms with E-state index in [1.165, 1.54) is 17.4 Å². The van der Waals surface area contributed by atoms with E-state index < -0.39 is 6.17 Å². The number of nitrogens with zero attached hydrogens (tertiary/aromatic N) is 4. The van der Waals surface area contributed by atoms with Gasteiger partial charge in [-0.05, 0) is 36.6 Å². The summed E-state index contributed by atoms with van der Waals surface area (Å²) in [7, 11) is 0. The maximum atomic E-state index is 13.1. The molecule has 0 unspecified atom stereocenters. The summed E-state index contributed by atoms with van der Waals surface area (Å²) in [6.45, 7) is 10.2. The van der Waals surface area contributed by atoms with E-state index in [0.29, 0.717) is 16.6 Å². The van der Waals surface area contributed by atoms with Crippen LogP contribution in [0, 0.1) is 0 Å². The van der Waals surface area contributed by atoms with E-state index in [-0.39, 0.29) is 5.91 Å². The van der Waals surface area contributed by atoms with Crippen LogP contribution in [-0.4, -0.2) is 34.9 Å². The first-order valence-electron chi connectivity index (χ1n) is 11.1. The van der Waals surface area contributed by atoms with Gasteiger partial charge in [0.1, 0.15) is 5.70 Å². The molecule has 1 N–H and O–H groups in total. The minimum absolute atomic E-state index is 0.160. The lowest BCUT2D eigenvalue weighted by atomic mass is 10.1. The Morgan fingerprint density at radius 2 is 1.84 bits per heavy atom. The van der Waals surface area contributed by atoms with E-state index >= 15 is 0 Å². The first-order chi connectivity index (χ1) is 15.7. The molecule has 1 atom stereocenters. The topological polar surface area (TPSA) is 60.3 Å². The Labute approximate surface area is 193 Å². The second-order valence-electron chi connectivity index (χ2n) is 7.75. The van der Waals surface area contributed by atoms with Crippen LogP contribution in [0.2, 0.25) is 0 Å². The highest BCUT2D eigenvalue weighted by Gasteiger charge is 2.34. The minimum Gasteiger partial charge on any atom is -0.372 e. The highest BCUT2D eigenvalue weighted by atomic mass is 32.2. The fraction of sp³-hybridized carbons (Fsp3) is 0.320. The molecule has 2 aromatic rings. The number of thioether (sulfide) groups is 1. The van der Waals surface area contributed by atoms with Crippen LogP contribution in [0.4, 0.5) is 5.69 Å². The normalized spacial score (nSPS) is 17.0. The number of fused-ring (bicyclic) bond motifs is 2. The molecule has 4 rings (SSSR count). The van der Waals surface area contributed by atoms with E-state index in [4.69, 9.17) is 10.1 Å². The lowest BCUT2D eigenvalue weighted by Crippen LogP contribution is -2.50. The number of hydrogen-bond acceptors (Lipinski definition) is 6. The van der Waals surface area contributed by atoms with Crippen molar-refractivity contribution in [3.63, 3.8) is 0 Å². The fourth-order valence-electron chi connectivity index (χ4n) is 4.01. The third kappa shape index (κ3) is 4.43. The van der Waals surface area contributed by atoms with Gasteiger partial charge in [-0.3, -0.25) is 15.1 Å². The van der Waals surface area contributed by atoms with Gasteiger partial charge in [-0.15, -0.1) is 11.7 Å². The number of amides is 1. The molecule has 2 aliphatic rings. The molecule has 0 fully saturated rings. The molecule has 6 nitrogen and oxygen atoms in total. The number of hydrogen-bond donors (Lipinski definition) is 1. The number of carbonyl (C=O) groups is 1. The molecule has 32 heavy (non-hydrogen) atoms. The summed E-state index contributed by atoms with van der Waals surface area (Å²) in [5.41, 5.74) is 2.74. The summed E-state index contributed by atoms with van der Waals surface area (Å²) in [6, 6.07) is 16.2. The van der Waals surface area contributed by atoms with Crippen LogP contribution in [0.1, 0.15) is 38.4 Å². The average molecular weight is 448 g/mol. The molecule has 2 aliphatic heterocycles. The molecule has 0 saturated carbocycles. The first-order valence-corrected chi connectivity index (χ1v) is 12.1. The molecular formula is C25H29N5OS. The van der Waals surface area contributed by atoms with Gasteiger partial charge in [0.2, 0.25) is 0 Å². The van der Waals surface area contributed by atoms with Gasteiger partial charge in [0.25, 0.3) is 5.91 Å². The molecular weight excluding hydrogens is 418 g/mol. The second-order valence-corrected chi connectivity index (χ2v) is 8.76. The number of nitrogens with one attached hydrogen (secondary N) is 1. The Bertz CT molecular complexity index is 1140. The van der Waals surface area contributed by atoms with Crippen molar-refractivity contribution in [2.75, 3.05) is 23.7 Å². The predicted molar refractivity (Wildman–Crippen MR) is 133 cm³/mol. The predicted octanol–water partition coefficient (Wildman–Crippen LogP) is 3.38. The summed E-state index contributed by atoms with van der Waals surface area (Å²) in [4.78, 5) is 20.5. The summed E-state index contributed by atoms with van der Waals surface area (Å²) in [5, 5.41) is 11.6. The number of carbonyl (C=O) groups excluding carboxylic acids is 1. The number of anilines is 1. The molecule has 0 spiro atoms. The van der Waals surface area contributed by atoms with Gasteiger partial charge in [0.05, 0.1) is 5.36 Å². The summed E-state index contributed by atoms with van der Waals surface area (Å²) < 4.78 is 0. The Hall–Kier alpha value is -3.06. The lowest BCUT2D eigenvalue weighted by Gasteiger charge is -2.34. The zero-order valence-electron chi connectivity index (χ0n) is 18.6. The Balaban J connectivity index is 1.75. The zero-order valence-corrected chi connectivity index (χ0v) is 19.4. The minimum atomic E-state index is -0.398. The van der Waals surface area contributed by atoms with Gasteiger partial charge in [-0.25, -0.2) is 5.01 Å². The largest absolute Gasteiger partial charge is 0.372 e. The van der Waals surface area contributed by atoms with Gasteiger partial charge in [-0.1, -0.05) is 62.0 Å². The SMILES string of the molecule is C=CCSC1=NN2C(=c3ccccc3=N[C@@H]2c2ccc(N(CCC)CCC)cc2)C(=O)N1. The molecule has 0 bridgehead atoms. The van der Waals surface area contributed by atoms with Crippen LogP contribution in [0.15, 0.2) is 71.3 Å². The van der Waals surface area contributed by atoms with Crippen LogP contribution >= 0.6 is 11.8 Å². The second kappa shape index (κ2) is 10.0. The van der Waals surface area contributed by atoms with Crippen LogP contribution in [-0.2, 0) is 4.79 Å². The highest BCUT2D eigenvalue weighted by molar-refractivity contribution is 8.14. The van der Waals surface area contributed by atoms with E-state index in [0.717, 1.165) is 42.1 Å². The van der Waals surface area contributed by atoms with Crippen molar-refractivity contribution in [1.29, 1.82) is 0 Å². The molecule has 7 heteroatoms. The maximum Gasteiger partial charge on any atom is 0.276 e. The maximum absolute atomic E-state index is 13.1. The van der Waals surface area contributed by atoms with E-state index in [1.54, 1.807) is 11.1 Å². The van der Waals surface area contributed by atoms with Crippen molar-refractivity contribution in [3.8, 4) is 0 Å².